The topological polar surface area (TPSA) is 42.4 Å². The molecule has 0 unspecified atom stereocenters. The number of likely N-dealkylation sites (tertiary alicyclic amines) is 1. The number of aromatic nitrogens is 1. The average Bonchev–Trinajstić information content (AvgIpc) is 2.37. The Kier molecular flexibility index (Phi) is 4.64. The Morgan fingerprint density at radius 1 is 1.47 bits per heavy atom. The van der Waals surface area contributed by atoms with E-state index in [1.54, 1.807) is 18.3 Å². The van der Waals surface area contributed by atoms with Crippen LogP contribution in [-0.2, 0) is 4.79 Å². The lowest BCUT2D eigenvalue weighted by atomic mass is 9.97. The lowest BCUT2D eigenvalue weighted by molar-refractivity contribution is -0.139. The second-order valence-corrected chi connectivity index (χ2v) is 5.37. The van der Waals surface area contributed by atoms with Gasteiger partial charge in [-0.25, -0.2) is 4.98 Å². The van der Waals surface area contributed by atoms with E-state index in [-0.39, 0.29) is 29.8 Å². The summed E-state index contributed by atoms with van der Waals surface area (Å²) in [7, 11) is 0. The van der Waals surface area contributed by atoms with Gasteiger partial charge in [0.1, 0.15) is 0 Å². The fourth-order valence-corrected chi connectivity index (χ4v) is 2.78. The van der Waals surface area contributed by atoms with Crippen LogP contribution in [0.25, 0.3) is 0 Å². The molecule has 4 nitrogen and oxygen atoms in total. The van der Waals surface area contributed by atoms with Crippen LogP contribution in [-0.4, -0.2) is 34.5 Å². The molecule has 2 rings (SSSR count). The Balaban J connectivity index is 1.95. The number of hydrogen-bond acceptors (Lipinski definition) is 3. The Labute approximate surface area is 118 Å². The van der Waals surface area contributed by atoms with E-state index < -0.39 is 0 Å². The second kappa shape index (κ2) is 6.24. The number of halogens is 1. The van der Waals surface area contributed by atoms with Gasteiger partial charge in [0.05, 0.1) is 0 Å². The molecule has 5 heteroatoms. The summed E-state index contributed by atoms with van der Waals surface area (Å²) in [6.07, 6.45) is 4.89. The number of carbonyl (C=O) groups is 1. The maximum Gasteiger partial charge on any atom is 0.260 e. The van der Waals surface area contributed by atoms with Crippen LogP contribution in [0.3, 0.4) is 0 Å². The molecule has 0 radical (unpaired) electrons. The van der Waals surface area contributed by atoms with Crippen LogP contribution in [0.15, 0.2) is 18.3 Å². The first kappa shape index (κ1) is 14.1. The highest BCUT2D eigenvalue weighted by Gasteiger charge is 2.29. The highest BCUT2D eigenvalue weighted by atomic mass is 35.5. The number of ether oxygens (including phenoxy) is 1. The van der Waals surface area contributed by atoms with E-state index >= 15 is 0 Å². The van der Waals surface area contributed by atoms with Crippen LogP contribution in [0.1, 0.15) is 33.1 Å². The lowest BCUT2D eigenvalue weighted by Gasteiger charge is -2.38. The van der Waals surface area contributed by atoms with Crippen LogP contribution >= 0.6 is 11.6 Å². The van der Waals surface area contributed by atoms with Gasteiger partial charge in [-0.3, -0.25) is 4.79 Å². The van der Waals surface area contributed by atoms with E-state index in [0.717, 1.165) is 12.8 Å². The van der Waals surface area contributed by atoms with Crippen molar-refractivity contribution in [1.29, 1.82) is 0 Å². The van der Waals surface area contributed by atoms with Crippen molar-refractivity contribution in [2.75, 3.05) is 6.61 Å². The fourth-order valence-electron chi connectivity index (χ4n) is 2.61. The smallest absolute Gasteiger partial charge is 0.260 e. The molecule has 2 atom stereocenters. The van der Waals surface area contributed by atoms with Crippen molar-refractivity contribution >= 4 is 17.5 Å². The number of carbonyl (C=O) groups excluding carboxylic acids is 1. The first-order chi connectivity index (χ1) is 9.09. The van der Waals surface area contributed by atoms with E-state index in [0.29, 0.717) is 5.75 Å². The third kappa shape index (κ3) is 3.38. The number of hydrogen-bond donors (Lipinski definition) is 0. The zero-order valence-corrected chi connectivity index (χ0v) is 12.1. The minimum absolute atomic E-state index is 0.0135. The van der Waals surface area contributed by atoms with E-state index in [9.17, 15) is 4.79 Å². The third-order valence-electron chi connectivity index (χ3n) is 3.56. The maximum atomic E-state index is 12.2. The molecule has 2 heterocycles. The van der Waals surface area contributed by atoms with Gasteiger partial charge in [-0.1, -0.05) is 11.6 Å². The first-order valence-electron chi connectivity index (χ1n) is 6.64. The molecule has 1 aromatic rings. The van der Waals surface area contributed by atoms with E-state index in [4.69, 9.17) is 16.3 Å². The second-order valence-electron chi connectivity index (χ2n) is 5.01. The monoisotopic (exact) mass is 282 g/mol. The Bertz CT molecular complexity index is 443. The summed E-state index contributed by atoms with van der Waals surface area (Å²) in [6.45, 7) is 4.19. The molecular weight excluding hydrogens is 264 g/mol. The summed E-state index contributed by atoms with van der Waals surface area (Å²) in [5, 5.41) is 0.287. The number of rotatable bonds is 3. The minimum Gasteiger partial charge on any atom is -0.481 e. The van der Waals surface area contributed by atoms with Gasteiger partial charge in [-0.15, -0.1) is 0 Å². The molecular formula is C14H19ClN2O2. The van der Waals surface area contributed by atoms with Gasteiger partial charge in [0.2, 0.25) is 0 Å². The van der Waals surface area contributed by atoms with Gasteiger partial charge in [-0.05, 0) is 45.2 Å². The quantitative estimate of drug-likeness (QED) is 0.801. The molecule has 1 amide bonds. The minimum atomic E-state index is 0.0135. The zero-order chi connectivity index (χ0) is 13.8. The van der Waals surface area contributed by atoms with Crippen LogP contribution in [0.5, 0.6) is 5.75 Å². The zero-order valence-electron chi connectivity index (χ0n) is 11.3. The molecule has 0 saturated carbocycles. The summed E-state index contributed by atoms with van der Waals surface area (Å²) in [4.78, 5) is 18.1. The highest BCUT2D eigenvalue weighted by Crippen LogP contribution is 2.24. The molecule has 1 aliphatic heterocycles. The summed E-state index contributed by atoms with van der Waals surface area (Å²) in [5.74, 6) is 0.467. The molecule has 0 aliphatic carbocycles. The summed E-state index contributed by atoms with van der Waals surface area (Å²) in [5.41, 5.74) is 0. The largest absolute Gasteiger partial charge is 0.481 e. The van der Waals surface area contributed by atoms with Gasteiger partial charge < -0.3 is 9.64 Å². The normalized spacial score (nSPS) is 23.2. The Morgan fingerprint density at radius 2 is 2.16 bits per heavy atom. The number of piperidine rings is 1. The first-order valence-corrected chi connectivity index (χ1v) is 7.02. The van der Waals surface area contributed by atoms with Crippen LogP contribution in [0, 0.1) is 0 Å². The van der Waals surface area contributed by atoms with Crippen molar-refractivity contribution < 1.29 is 9.53 Å². The molecule has 104 valence electrons. The van der Waals surface area contributed by atoms with Crippen molar-refractivity contribution in [3.8, 4) is 5.75 Å². The van der Waals surface area contributed by atoms with Crippen molar-refractivity contribution in [2.45, 2.75) is 45.2 Å². The van der Waals surface area contributed by atoms with Gasteiger partial charge in [0.15, 0.2) is 17.5 Å². The molecule has 19 heavy (non-hydrogen) atoms. The lowest BCUT2D eigenvalue weighted by Crippen LogP contribution is -2.49. The van der Waals surface area contributed by atoms with E-state index in [2.05, 4.69) is 18.8 Å². The molecule has 0 spiro atoms. The van der Waals surface area contributed by atoms with Crippen LogP contribution in [0.4, 0.5) is 0 Å². The standard InChI is InChI=1S/C14H19ClN2O2/c1-10-5-3-6-11(2)17(10)13(18)9-19-12-7-4-8-16-14(12)15/h4,7-8,10-11H,3,5-6,9H2,1-2H3/t10-,11+. The van der Waals surface area contributed by atoms with Gasteiger partial charge in [0, 0.05) is 18.3 Å². The van der Waals surface area contributed by atoms with E-state index in [1.165, 1.54) is 6.42 Å². The Morgan fingerprint density at radius 3 is 2.79 bits per heavy atom. The SMILES string of the molecule is C[C@@H]1CCC[C@H](C)N1C(=O)COc1cccnc1Cl. The van der Waals surface area contributed by atoms with Gasteiger partial charge >= 0.3 is 0 Å². The van der Waals surface area contributed by atoms with Crippen molar-refractivity contribution in [3.05, 3.63) is 23.5 Å². The maximum absolute atomic E-state index is 12.2. The average molecular weight is 283 g/mol. The summed E-state index contributed by atoms with van der Waals surface area (Å²) >= 11 is 5.89. The van der Waals surface area contributed by atoms with Gasteiger partial charge in [0.25, 0.3) is 5.91 Å². The molecule has 0 bridgehead atoms. The molecule has 1 aromatic heterocycles. The predicted octanol–water partition coefficient (Wildman–Crippen LogP) is 2.90. The number of nitrogens with zero attached hydrogens (tertiary/aromatic N) is 2. The fraction of sp³-hybridized carbons (Fsp3) is 0.571. The van der Waals surface area contributed by atoms with Crippen molar-refractivity contribution in [3.63, 3.8) is 0 Å². The molecule has 0 aromatic carbocycles. The Hall–Kier alpha value is -1.29. The van der Waals surface area contributed by atoms with E-state index in [1.807, 2.05) is 4.90 Å². The van der Waals surface area contributed by atoms with Crippen LogP contribution in [0.2, 0.25) is 5.15 Å². The van der Waals surface area contributed by atoms with Crippen LogP contribution < -0.4 is 4.74 Å². The third-order valence-corrected chi connectivity index (χ3v) is 3.84. The highest BCUT2D eigenvalue weighted by molar-refractivity contribution is 6.30. The number of amides is 1. The van der Waals surface area contributed by atoms with Crippen molar-refractivity contribution in [1.82, 2.24) is 9.88 Å². The predicted molar refractivity (Wildman–Crippen MR) is 74.4 cm³/mol. The molecule has 0 N–H and O–H groups in total. The summed E-state index contributed by atoms with van der Waals surface area (Å²) < 4.78 is 5.46. The summed E-state index contributed by atoms with van der Waals surface area (Å²) in [6, 6.07) is 4.01. The molecule has 1 fully saturated rings. The molecule has 1 aliphatic rings. The van der Waals surface area contributed by atoms with Gasteiger partial charge in [-0.2, -0.15) is 0 Å². The molecule has 1 saturated heterocycles. The van der Waals surface area contributed by atoms with Crippen molar-refractivity contribution in [2.24, 2.45) is 0 Å². The number of pyridine rings is 1.